The molecular formula is C15H16BrNO4. The van der Waals surface area contributed by atoms with E-state index in [1.807, 2.05) is 19.1 Å². The average Bonchev–Trinajstić information content (AvgIpc) is 2.85. The van der Waals surface area contributed by atoms with Crippen molar-refractivity contribution in [3.63, 3.8) is 0 Å². The Morgan fingerprint density at radius 3 is 2.38 bits per heavy atom. The number of hydrogen-bond acceptors (Lipinski definition) is 4. The van der Waals surface area contributed by atoms with Gasteiger partial charge in [-0.3, -0.25) is 0 Å². The topological polar surface area (TPSA) is 57.0 Å². The summed E-state index contributed by atoms with van der Waals surface area (Å²) < 4.78 is 12.6. The van der Waals surface area contributed by atoms with Crippen LogP contribution >= 0.6 is 15.9 Å². The van der Waals surface area contributed by atoms with Gasteiger partial charge in [0, 0.05) is 10.2 Å². The molecule has 0 aliphatic rings. The molecule has 2 heterocycles. The standard InChI is InChI=1S/C15H16BrNO4/c1-4-20-14(18)10-8-12-11(16)7-6-9(3)17(12)13(10)15(19)21-5-2/h6-8H,4-5H2,1-3H3. The number of nitrogens with zero attached hydrogens (tertiary/aromatic N) is 1. The van der Waals surface area contributed by atoms with Crippen LogP contribution in [0.25, 0.3) is 5.52 Å². The maximum absolute atomic E-state index is 12.2. The van der Waals surface area contributed by atoms with E-state index in [0.29, 0.717) is 0 Å². The van der Waals surface area contributed by atoms with Crippen LogP contribution in [-0.4, -0.2) is 29.6 Å². The van der Waals surface area contributed by atoms with Crippen LogP contribution < -0.4 is 0 Å². The molecule has 0 radical (unpaired) electrons. The van der Waals surface area contributed by atoms with Gasteiger partial charge in [0.15, 0.2) is 0 Å². The van der Waals surface area contributed by atoms with Gasteiger partial charge in [0.05, 0.1) is 24.3 Å². The molecule has 112 valence electrons. The molecule has 0 aliphatic heterocycles. The summed E-state index contributed by atoms with van der Waals surface area (Å²) in [7, 11) is 0. The molecule has 0 N–H and O–H groups in total. The van der Waals surface area contributed by atoms with Crippen molar-refractivity contribution in [2.75, 3.05) is 13.2 Å². The zero-order chi connectivity index (χ0) is 15.6. The van der Waals surface area contributed by atoms with Gasteiger partial charge in [-0.25, -0.2) is 9.59 Å². The Morgan fingerprint density at radius 1 is 1.14 bits per heavy atom. The maximum Gasteiger partial charge on any atom is 0.356 e. The third-order valence-corrected chi connectivity index (χ3v) is 3.70. The van der Waals surface area contributed by atoms with E-state index in [4.69, 9.17) is 9.47 Å². The molecule has 21 heavy (non-hydrogen) atoms. The minimum atomic E-state index is -0.540. The number of esters is 2. The zero-order valence-electron chi connectivity index (χ0n) is 12.1. The summed E-state index contributed by atoms with van der Waals surface area (Å²) in [5.74, 6) is -1.07. The van der Waals surface area contributed by atoms with Crippen LogP contribution in [0.1, 0.15) is 40.4 Å². The Morgan fingerprint density at radius 2 is 1.76 bits per heavy atom. The van der Waals surface area contributed by atoms with E-state index >= 15 is 0 Å². The van der Waals surface area contributed by atoms with Gasteiger partial charge in [-0.1, -0.05) is 0 Å². The van der Waals surface area contributed by atoms with Crippen LogP contribution in [0, 0.1) is 6.92 Å². The predicted octanol–water partition coefficient (Wildman–Crippen LogP) is 3.36. The monoisotopic (exact) mass is 353 g/mol. The van der Waals surface area contributed by atoms with E-state index in [0.717, 1.165) is 15.7 Å². The van der Waals surface area contributed by atoms with E-state index in [1.165, 1.54) is 0 Å². The largest absolute Gasteiger partial charge is 0.462 e. The second-order valence-corrected chi connectivity index (χ2v) is 5.25. The normalized spacial score (nSPS) is 10.7. The molecule has 0 unspecified atom stereocenters. The molecule has 0 amide bonds. The van der Waals surface area contributed by atoms with Crippen LogP contribution in [0.2, 0.25) is 0 Å². The number of aromatic nitrogens is 1. The van der Waals surface area contributed by atoms with Gasteiger partial charge in [0.1, 0.15) is 5.69 Å². The quantitative estimate of drug-likeness (QED) is 0.790. The van der Waals surface area contributed by atoms with Gasteiger partial charge in [-0.05, 0) is 54.9 Å². The smallest absolute Gasteiger partial charge is 0.356 e. The van der Waals surface area contributed by atoms with Crippen molar-refractivity contribution in [2.24, 2.45) is 0 Å². The fourth-order valence-corrected chi connectivity index (χ4v) is 2.60. The Labute approximate surface area is 131 Å². The molecule has 0 saturated carbocycles. The fourth-order valence-electron chi connectivity index (χ4n) is 2.17. The van der Waals surface area contributed by atoms with Crippen molar-refractivity contribution in [3.05, 3.63) is 39.6 Å². The lowest BCUT2D eigenvalue weighted by Gasteiger charge is -2.08. The van der Waals surface area contributed by atoms with Crippen molar-refractivity contribution >= 4 is 33.4 Å². The first-order chi connectivity index (χ1) is 10.0. The zero-order valence-corrected chi connectivity index (χ0v) is 13.7. The average molecular weight is 354 g/mol. The Bertz CT molecular complexity index is 705. The number of ether oxygens (including phenoxy) is 2. The Hall–Kier alpha value is -1.82. The van der Waals surface area contributed by atoms with Gasteiger partial charge in [-0.2, -0.15) is 0 Å². The van der Waals surface area contributed by atoms with E-state index in [9.17, 15) is 9.59 Å². The Balaban J connectivity index is 2.75. The first-order valence-electron chi connectivity index (χ1n) is 6.66. The van der Waals surface area contributed by atoms with Crippen LogP contribution in [0.15, 0.2) is 22.7 Å². The summed E-state index contributed by atoms with van der Waals surface area (Å²) in [6.07, 6.45) is 0. The van der Waals surface area contributed by atoms with Gasteiger partial charge < -0.3 is 13.9 Å². The highest BCUT2D eigenvalue weighted by Crippen LogP contribution is 2.27. The lowest BCUT2D eigenvalue weighted by atomic mass is 10.2. The molecule has 5 nitrogen and oxygen atoms in total. The van der Waals surface area contributed by atoms with Gasteiger partial charge >= 0.3 is 11.9 Å². The third-order valence-electron chi connectivity index (χ3n) is 3.03. The maximum atomic E-state index is 12.2. The first-order valence-corrected chi connectivity index (χ1v) is 7.45. The second-order valence-electron chi connectivity index (χ2n) is 4.39. The van der Waals surface area contributed by atoms with Crippen LogP contribution in [-0.2, 0) is 9.47 Å². The summed E-state index contributed by atoms with van der Waals surface area (Å²) in [6, 6.07) is 5.37. The van der Waals surface area contributed by atoms with E-state index in [1.54, 1.807) is 24.3 Å². The van der Waals surface area contributed by atoms with Crippen molar-refractivity contribution in [3.8, 4) is 0 Å². The number of carbonyl (C=O) groups excluding carboxylic acids is 2. The molecule has 0 aliphatic carbocycles. The van der Waals surface area contributed by atoms with E-state index < -0.39 is 11.9 Å². The molecular weight excluding hydrogens is 338 g/mol. The minimum Gasteiger partial charge on any atom is -0.462 e. The number of rotatable bonds is 4. The summed E-state index contributed by atoms with van der Waals surface area (Å²) in [5, 5.41) is 0. The van der Waals surface area contributed by atoms with E-state index in [2.05, 4.69) is 15.9 Å². The molecule has 2 aromatic heterocycles. The predicted molar refractivity (Wildman–Crippen MR) is 81.7 cm³/mol. The van der Waals surface area contributed by atoms with Crippen molar-refractivity contribution in [1.29, 1.82) is 0 Å². The molecule has 2 rings (SSSR count). The van der Waals surface area contributed by atoms with Crippen LogP contribution in [0.4, 0.5) is 0 Å². The second kappa shape index (κ2) is 6.30. The number of aryl methyl sites for hydroxylation is 1. The number of carbonyl (C=O) groups is 2. The Kier molecular flexibility index (Phi) is 4.67. The van der Waals surface area contributed by atoms with Crippen LogP contribution in [0.5, 0.6) is 0 Å². The van der Waals surface area contributed by atoms with Crippen molar-refractivity contribution in [1.82, 2.24) is 4.40 Å². The number of fused-ring (bicyclic) bond motifs is 1. The highest BCUT2D eigenvalue weighted by Gasteiger charge is 2.26. The van der Waals surface area contributed by atoms with E-state index in [-0.39, 0.29) is 24.5 Å². The number of halogens is 1. The summed E-state index contributed by atoms with van der Waals surface area (Å²) in [4.78, 5) is 24.4. The summed E-state index contributed by atoms with van der Waals surface area (Å²) >= 11 is 3.43. The summed E-state index contributed by atoms with van der Waals surface area (Å²) in [6.45, 7) is 5.78. The van der Waals surface area contributed by atoms with Gasteiger partial charge in [-0.15, -0.1) is 0 Å². The fraction of sp³-hybridized carbons (Fsp3) is 0.333. The number of hydrogen-bond donors (Lipinski definition) is 0. The molecule has 0 atom stereocenters. The van der Waals surface area contributed by atoms with Crippen LogP contribution in [0.3, 0.4) is 0 Å². The van der Waals surface area contributed by atoms with Crippen molar-refractivity contribution in [2.45, 2.75) is 20.8 Å². The molecule has 6 heteroatoms. The molecule has 0 bridgehead atoms. The molecule has 0 aromatic carbocycles. The first kappa shape index (κ1) is 15.6. The SMILES string of the molecule is CCOC(=O)c1cc2c(Br)ccc(C)n2c1C(=O)OCC. The van der Waals surface area contributed by atoms with Crippen molar-refractivity contribution < 1.29 is 19.1 Å². The molecule has 0 fully saturated rings. The lowest BCUT2D eigenvalue weighted by molar-refractivity contribution is 0.0474. The molecule has 2 aromatic rings. The molecule has 0 spiro atoms. The third kappa shape index (κ3) is 2.81. The van der Waals surface area contributed by atoms with Gasteiger partial charge in [0.2, 0.25) is 0 Å². The minimum absolute atomic E-state index is 0.198. The number of pyridine rings is 1. The molecule has 0 saturated heterocycles. The highest BCUT2D eigenvalue weighted by atomic mass is 79.9. The van der Waals surface area contributed by atoms with Gasteiger partial charge in [0.25, 0.3) is 0 Å². The highest BCUT2D eigenvalue weighted by molar-refractivity contribution is 9.10. The summed E-state index contributed by atoms with van der Waals surface area (Å²) in [5.41, 5.74) is 1.96. The lowest BCUT2D eigenvalue weighted by Crippen LogP contribution is -2.15.